The lowest BCUT2D eigenvalue weighted by atomic mass is 10.2. The van der Waals surface area contributed by atoms with E-state index in [9.17, 15) is 9.18 Å². The van der Waals surface area contributed by atoms with Crippen molar-refractivity contribution < 1.29 is 18.7 Å². The Morgan fingerprint density at radius 1 is 1.05 bits per heavy atom. The van der Waals surface area contributed by atoms with Crippen LogP contribution in [0.5, 0.6) is 11.5 Å². The Labute approximate surface area is 116 Å². The fourth-order valence-corrected chi connectivity index (χ4v) is 1.69. The van der Waals surface area contributed by atoms with Crippen molar-refractivity contribution in [3.63, 3.8) is 0 Å². The minimum absolute atomic E-state index is 0.103. The Morgan fingerprint density at radius 3 is 2.30 bits per heavy atom. The Bertz CT molecular complexity index is 611. The Hall–Kier alpha value is -2.56. The molecule has 0 fully saturated rings. The Balaban J connectivity index is 2.12. The molecule has 0 aromatic heterocycles. The summed E-state index contributed by atoms with van der Waals surface area (Å²) in [6.07, 6.45) is 0. The summed E-state index contributed by atoms with van der Waals surface area (Å²) in [5.41, 5.74) is 0.825. The maximum absolute atomic E-state index is 13.5. The van der Waals surface area contributed by atoms with Crippen LogP contribution >= 0.6 is 0 Å². The second kappa shape index (κ2) is 6.06. The van der Waals surface area contributed by atoms with E-state index in [1.54, 1.807) is 31.4 Å². The van der Waals surface area contributed by atoms with E-state index < -0.39 is 11.7 Å². The van der Waals surface area contributed by atoms with Crippen molar-refractivity contribution in [2.75, 3.05) is 19.5 Å². The number of rotatable bonds is 4. The van der Waals surface area contributed by atoms with Crippen LogP contribution in [0.1, 0.15) is 10.4 Å². The highest BCUT2D eigenvalue weighted by atomic mass is 19.1. The first-order valence-corrected chi connectivity index (χ1v) is 5.93. The number of carbonyl (C=O) groups is 1. The van der Waals surface area contributed by atoms with Crippen LogP contribution in [0.2, 0.25) is 0 Å². The normalized spacial score (nSPS) is 9.95. The monoisotopic (exact) mass is 275 g/mol. The zero-order chi connectivity index (χ0) is 14.5. The quantitative estimate of drug-likeness (QED) is 0.932. The van der Waals surface area contributed by atoms with Crippen molar-refractivity contribution in [2.45, 2.75) is 0 Å². The van der Waals surface area contributed by atoms with Crippen molar-refractivity contribution in [2.24, 2.45) is 0 Å². The molecule has 0 saturated heterocycles. The highest BCUT2D eigenvalue weighted by molar-refractivity contribution is 6.04. The lowest BCUT2D eigenvalue weighted by molar-refractivity contribution is 0.102. The second-order valence-corrected chi connectivity index (χ2v) is 4.03. The molecule has 1 amide bonds. The molecule has 0 radical (unpaired) electrons. The van der Waals surface area contributed by atoms with Gasteiger partial charge in [0.1, 0.15) is 5.75 Å². The molecule has 2 rings (SSSR count). The summed E-state index contributed by atoms with van der Waals surface area (Å²) in [7, 11) is 2.93. The first kappa shape index (κ1) is 13.9. The van der Waals surface area contributed by atoms with Crippen molar-refractivity contribution >= 4 is 11.6 Å². The SMILES string of the molecule is COc1ccc(NC(=O)c2ccc(OC)c(F)c2)cc1. The highest BCUT2D eigenvalue weighted by Crippen LogP contribution is 2.19. The predicted octanol–water partition coefficient (Wildman–Crippen LogP) is 3.10. The fraction of sp³-hybridized carbons (Fsp3) is 0.133. The van der Waals surface area contributed by atoms with Crippen LogP contribution in [-0.2, 0) is 0 Å². The van der Waals surface area contributed by atoms with Crippen LogP contribution in [0.3, 0.4) is 0 Å². The molecule has 2 aromatic carbocycles. The van der Waals surface area contributed by atoms with Gasteiger partial charge in [-0.2, -0.15) is 0 Å². The molecule has 0 unspecified atom stereocenters. The van der Waals surface area contributed by atoms with Crippen molar-refractivity contribution in [1.29, 1.82) is 0 Å². The largest absolute Gasteiger partial charge is 0.497 e. The van der Waals surface area contributed by atoms with Crippen molar-refractivity contribution in [3.8, 4) is 11.5 Å². The Kier molecular flexibility index (Phi) is 4.20. The van der Waals surface area contributed by atoms with Crippen LogP contribution in [0.4, 0.5) is 10.1 Å². The van der Waals surface area contributed by atoms with E-state index in [0.717, 1.165) is 6.07 Å². The van der Waals surface area contributed by atoms with E-state index in [4.69, 9.17) is 9.47 Å². The van der Waals surface area contributed by atoms with Gasteiger partial charge in [-0.15, -0.1) is 0 Å². The van der Waals surface area contributed by atoms with Gasteiger partial charge in [0.2, 0.25) is 0 Å². The molecule has 0 saturated carbocycles. The van der Waals surface area contributed by atoms with Crippen LogP contribution in [-0.4, -0.2) is 20.1 Å². The minimum atomic E-state index is -0.574. The number of methoxy groups -OCH3 is 2. The summed E-state index contributed by atoms with van der Waals surface area (Å²) in [5.74, 6) is -0.170. The summed E-state index contributed by atoms with van der Waals surface area (Å²) in [4.78, 5) is 12.0. The van der Waals surface area contributed by atoms with Gasteiger partial charge in [-0.1, -0.05) is 0 Å². The molecule has 0 aliphatic heterocycles. The van der Waals surface area contributed by atoms with E-state index in [1.165, 1.54) is 19.2 Å². The standard InChI is InChI=1S/C15H14FNO3/c1-19-12-6-4-11(5-7-12)17-15(18)10-3-8-14(20-2)13(16)9-10/h3-9H,1-2H3,(H,17,18). The van der Waals surface area contributed by atoms with Gasteiger partial charge >= 0.3 is 0 Å². The molecule has 5 heteroatoms. The smallest absolute Gasteiger partial charge is 0.255 e. The molecule has 0 bridgehead atoms. The highest BCUT2D eigenvalue weighted by Gasteiger charge is 2.10. The van der Waals surface area contributed by atoms with Crippen LogP contribution < -0.4 is 14.8 Å². The molecule has 4 nitrogen and oxygen atoms in total. The number of benzene rings is 2. The molecule has 2 aromatic rings. The topological polar surface area (TPSA) is 47.6 Å². The number of hydrogen-bond donors (Lipinski definition) is 1. The lowest BCUT2D eigenvalue weighted by Crippen LogP contribution is -2.12. The molecule has 0 spiro atoms. The van der Waals surface area contributed by atoms with Gasteiger partial charge in [-0.05, 0) is 42.5 Å². The molecular weight excluding hydrogens is 261 g/mol. The number of nitrogens with one attached hydrogen (secondary N) is 1. The minimum Gasteiger partial charge on any atom is -0.497 e. The first-order chi connectivity index (χ1) is 9.63. The zero-order valence-corrected chi connectivity index (χ0v) is 11.1. The van der Waals surface area contributed by atoms with Crippen molar-refractivity contribution in [1.82, 2.24) is 0 Å². The zero-order valence-electron chi connectivity index (χ0n) is 11.1. The molecule has 0 aliphatic carbocycles. The molecule has 0 aliphatic rings. The summed E-state index contributed by atoms with van der Waals surface area (Å²) in [5, 5.41) is 2.67. The molecular formula is C15H14FNO3. The summed E-state index contributed by atoms with van der Waals surface area (Å²) >= 11 is 0. The maximum Gasteiger partial charge on any atom is 0.255 e. The van der Waals surface area contributed by atoms with E-state index in [1.807, 2.05) is 0 Å². The summed E-state index contributed by atoms with van der Waals surface area (Å²) < 4.78 is 23.4. The number of halogens is 1. The van der Waals surface area contributed by atoms with Crippen LogP contribution in [0, 0.1) is 5.82 Å². The van der Waals surface area contributed by atoms with Gasteiger partial charge in [0, 0.05) is 11.3 Å². The third kappa shape index (κ3) is 3.06. The van der Waals surface area contributed by atoms with Gasteiger partial charge in [-0.3, -0.25) is 4.79 Å². The predicted molar refractivity (Wildman–Crippen MR) is 73.9 cm³/mol. The average molecular weight is 275 g/mol. The summed E-state index contributed by atoms with van der Waals surface area (Å²) in [6, 6.07) is 10.9. The first-order valence-electron chi connectivity index (χ1n) is 5.93. The van der Waals surface area contributed by atoms with Crippen molar-refractivity contribution in [3.05, 3.63) is 53.8 Å². The third-order valence-corrected chi connectivity index (χ3v) is 2.76. The molecule has 1 N–H and O–H groups in total. The molecule has 104 valence electrons. The van der Waals surface area contributed by atoms with Crippen LogP contribution in [0.15, 0.2) is 42.5 Å². The average Bonchev–Trinajstić information content (AvgIpc) is 2.48. The number of hydrogen-bond acceptors (Lipinski definition) is 3. The third-order valence-electron chi connectivity index (χ3n) is 2.76. The fourth-order valence-electron chi connectivity index (χ4n) is 1.69. The summed E-state index contributed by atoms with van der Waals surface area (Å²) in [6.45, 7) is 0. The Morgan fingerprint density at radius 2 is 1.75 bits per heavy atom. The van der Waals surface area contributed by atoms with E-state index >= 15 is 0 Å². The lowest BCUT2D eigenvalue weighted by Gasteiger charge is -2.07. The number of amides is 1. The molecule has 0 atom stereocenters. The van der Waals surface area contributed by atoms with Gasteiger partial charge in [0.25, 0.3) is 5.91 Å². The van der Waals surface area contributed by atoms with Gasteiger partial charge in [-0.25, -0.2) is 4.39 Å². The maximum atomic E-state index is 13.5. The van der Waals surface area contributed by atoms with Crippen LogP contribution in [0.25, 0.3) is 0 Å². The van der Waals surface area contributed by atoms with Gasteiger partial charge in [0.05, 0.1) is 14.2 Å². The molecule has 0 heterocycles. The van der Waals surface area contributed by atoms with E-state index in [2.05, 4.69) is 5.32 Å². The second-order valence-electron chi connectivity index (χ2n) is 4.03. The van der Waals surface area contributed by atoms with Gasteiger partial charge in [0.15, 0.2) is 11.6 Å². The van der Waals surface area contributed by atoms with E-state index in [0.29, 0.717) is 11.4 Å². The van der Waals surface area contributed by atoms with E-state index in [-0.39, 0.29) is 11.3 Å². The molecule has 20 heavy (non-hydrogen) atoms. The number of carbonyl (C=O) groups excluding carboxylic acids is 1. The van der Waals surface area contributed by atoms with Gasteiger partial charge < -0.3 is 14.8 Å². The number of anilines is 1. The number of ether oxygens (including phenoxy) is 2.